The highest BCUT2D eigenvalue weighted by molar-refractivity contribution is 5.96. The molecule has 2 N–H and O–H groups in total. The standard InChI is InChI=1S/C25H20N2O3/c1-17-2-4-19(5-3-17)16-27-25(30)23-13-20(8-11-24(28)29)12-22(14-23)21-9-6-18(15-26)7-10-21/h2-14H,16H2,1H3,(H,27,30)(H,28,29)/b11-8+. The highest BCUT2D eigenvalue weighted by atomic mass is 16.4. The zero-order valence-electron chi connectivity index (χ0n) is 16.4. The molecule has 0 spiro atoms. The van der Waals surface area contributed by atoms with Crippen LogP contribution in [0.4, 0.5) is 0 Å². The third-order valence-corrected chi connectivity index (χ3v) is 4.56. The first kappa shape index (κ1) is 20.6. The highest BCUT2D eigenvalue weighted by Gasteiger charge is 2.10. The molecule has 0 aliphatic rings. The predicted molar refractivity (Wildman–Crippen MR) is 116 cm³/mol. The van der Waals surface area contributed by atoms with E-state index in [0.29, 0.717) is 23.2 Å². The molecule has 0 saturated carbocycles. The molecule has 0 aliphatic heterocycles. The van der Waals surface area contributed by atoms with Crippen molar-refractivity contribution in [3.05, 3.63) is 101 Å². The first-order valence-electron chi connectivity index (χ1n) is 9.35. The fourth-order valence-electron chi connectivity index (χ4n) is 2.94. The summed E-state index contributed by atoms with van der Waals surface area (Å²) < 4.78 is 0. The molecule has 0 aliphatic carbocycles. The molecule has 0 atom stereocenters. The van der Waals surface area contributed by atoms with Gasteiger partial charge in [-0.1, -0.05) is 42.0 Å². The van der Waals surface area contributed by atoms with Gasteiger partial charge >= 0.3 is 5.97 Å². The number of aliphatic carboxylic acids is 1. The van der Waals surface area contributed by atoms with Crippen molar-refractivity contribution in [3.63, 3.8) is 0 Å². The Morgan fingerprint density at radius 2 is 1.70 bits per heavy atom. The van der Waals surface area contributed by atoms with Crippen LogP contribution in [0.25, 0.3) is 17.2 Å². The lowest BCUT2D eigenvalue weighted by Gasteiger charge is -2.10. The number of aryl methyl sites for hydroxylation is 1. The third-order valence-electron chi connectivity index (χ3n) is 4.56. The minimum Gasteiger partial charge on any atom is -0.478 e. The van der Waals surface area contributed by atoms with E-state index in [0.717, 1.165) is 28.3 Å². The number of hydrogen-bond acceptors (Lipinski definition) is 3. The van der Waals surface area contributed by atoms with E-state index in [1.54, 1.807) is 42.5 Å². The van der Waals surface area contributed by atoms with E-state index >= 15 is 0 Å². The van der Waals surface area contributed by atoms with Gasteiger partial charge in [0.05, 0.1) is 11.6 Å². The van der Waals surface area contributed by atoms with Gasteiger partial charge in [0, 0.05) is 18.2 Å². The van der Waals surface area contributed by atoms with E-state index in [1.807, 2.05) is 31.2 Å². The van der Waals surface area contributed by atoms with Crippen molar-refractivity contribution in [2.75, 3.05) is 0 Å². The van der Waals surface area contributed by atoms with E-state index in [4.69, 9.17) is 10.4 Å². The van der Waals surface area contributed by atoms with Crippen LogP contribution in [0.2, 0.25) is 0 Å². The molecule has 0 saturated heterocycles. The van der Waals surface area contributed by atoms with Crippen molar-refractivity contribution < 1.29 is 14.7 Å². The van der Waals surface area contributed by atoms with E-state index in [9.17, 15) is 9.59 Å². The molecule has 0 radical (unpaired) electrons. The highest BCUT2D eigenvalue weighted by Crippen LogP contribution is 2.24. The Labute approximate surface area is 174 Å². The number of carboxylic acids is 1. The number of carboxylic acid groups (broad SMARTS) is 1. The molecular formula is C25H20N2O3. The SMILES string of the molecule is Cc1ccc(CNC(=O)c2cc(/C=C/C(=O)O)cc(-c3ccc(C#N)cc3)c2)cc1. The summed E-state index contributed by atoms with van der Waals surface area (Å²) >= 11 is 0. The summed E-state index contributed by atoms with van der Waals surface area (Å²) in [6, 6.07) is 22.2. The van der Waals surface area contributed by atoms with Gasteiger partial charge in [-0.2, -0.15) is 5.26 Å². The first-order valence-corrected chi connectivity index (χ1v) is 9.35. The number of carbonyl (C=O) groups excluding carboxylic acids is 1. The van der Waals surface area contributed by atoms with E-state index < -0.39 is 5.97 Å². The van der Waals surface area contributed by atoms with Crippen LogP contribution < -0.4 is 5.32 Å². The van der Waals surface area contributed by atoms with Crippen molar-refractivity contribution in [2.24, 2.45) is 0 Å². The minimum atomic E-state index is -1.07. The number of rotatable bonds is 6. The number of benzene rings is 3. The van der Waals surface area contributed by atoms with Gasteiger partial charge in [0.25, 0.3) is 5.91 Å². The van der Waals surface area contributed by atoms with Gasteiger partial charge in [-0.25, -0.2) is 4.79 Å². The molecule has 0 unspecified atom stereocenters. The Bertz CT molecular complexity index is 1140. The second kappa shape index (κ2) is 9.35. The maximum Gasteiger partial charge on any atom is 0.328 e. The average Bonchev–Trinajstić information content (AvgIpc) is 2.77. The molecule has 3 aromatic rings. The van der Waals surface area contributed by atoms with E-state index in [1.165, 1.54) is 6.08 Å². The van der Waals surface area contributed by atoms with Gasteiger partial charge < -0.3 is 10.4 Å². The number of nitriles is 1. The molecule has 0 bridgehead atoms. The summed E-state index contributed by atoms with van der Waals surface area (Å²) in [5.74, 6) is -1.32. The Morgan fingerprint density at radius 3 is 2.33 bits per heavy atom. The Balaban J connectivity index is 1.90. The number of carbonyl (C=O) groups is 2. The largest absolute Gasteiger partial charge is 0.478 e. The maximum absolute atomic E-state index is 12.8. The van der Waals surface area contributed by atoms with Gasteiger partial charge in [-0.05, 0) is 65.6 Å². The summed E-state index contributed by atoms with van der Waals surface area (Å²) in [6.07, 6.45) is 2.48. The van der Waals surface area contributed by atoms with Gasteiger partial charge in [0.2, 0.25) is 0 Å². The lowest BCUT2D eigenvalue weighted by atomic mass is 9.98. The van der Waals surface area contributed by atoms with Gasteiger partial charge in [0.1, 0.15) is 0 Å². The quantitative estimate of drug-likeness (QED) is 0.598. The fraction of sp³-hybridized carbons (Fsp3) is 0.0800. The lowest BCUT2D eigenvalue weighted by Crippen LogP contribution is -2.22. The molecule has 0 heterocycles. The van der Waals surface area contributed by atoms with E-state index in [-0.39, 0.29) is 5.91 Å². The van der Waals surface area contributed by atoms with Crippen LogP contribution in [-0.4, -0.2) is 17.0 Å². The van der Waals surface area contributed by atoms with Crippen LogP contribution in [0.1, 0.15) is 32.6 Å². The van der Waals surface area contributed by atoms with Crippen molar-refractivity contribution in [3.8, 4) is 17.2 Å². The number of amides is 1. The zero-order chi connectivity index (χ0) is 21.5. The van der Waals surface area contributed by atoms with Crippen LogP contribution in [0.3, 0.4) is 0 Å². The number of nitrogens with one attached hydrogen (secondary N) is 1. The molecule has 0 aromatic heterocycles. The van der Waals surface area contributed by atoms with Crippen molar-refractivity contribution in [1.82, 2.24) is 5.32 Å². The number of hydrogen-bond donors (Lipinski definition) is 2. The molecule has 5 nitrogen and oxygen atoms in total. The zero-order valence-corrected chi connectivity index (χ0v) is 16.4. The Kier molecular flexibility index (Phi) is 6.41. The third kappa shape index (κ3) is 5.43. The second-order valence-corrected chi connectivity index (χ2v) is 6.87. The van der Waals surface area contributed by atoms with Crippen molar-refractivity contribution in [1.29, 1.82) is 5.26 Å². The summed E-state index contributed by atoms with van der Waals surface area (Å²) in [5.41, 5.74) is 5.28. The molecule has 148 valence electrons. The molecule has 1 amide bonds. The molecule has 0 fully saturated rings. The smallest absolute Gasteiger partial charge is 0.328 e. The second-order valence-electron chi connectivity index (χ2n) is 6.87. The van der Waals surface area contributed by atoms with Crippen molar-refractivity contribution in [2.45, 2.75) is 13.5 Å². The van der Waals surface area contributed by atoms with Gasteiger partial charge in [-0.15, -0.1) is 0 Å². The monoisotopic (exact) mass is 396 g/mol. The number of nitrogens with zero attached hydrogens (tertiary/aromatic N) is 1. The molecule has 3 aromatic carbocycles. The molecule has 30 heavy (non-hydrogen) atoms. The summed E-state index contributed by atoms with van der Waals surface area (Å²) in [4.78, 5) is 23.7. The molecule has 5 heteroatoms. The lowest BCUT2D eigenvalue weighted by molar-refractivity contribution is -0.131. The summed E-state index contributed by atoms with van der Waals surface area (Å²) in [7, 11) is 0. The van der Waals surface area contributed by atoms with Crippen LogP contribution in [-0.2, 0) is 11.3 Å². The van der Waals surface area contributed by atoms with E-state index in [2.05, 4.69) is 11.4 Å². The van der Waals surface area contributed by atoms with Crippen LogP contribution in [0.15, 0.2) is 72.8 Å². The minimum absolute atomic E-state index is 0.254. The Hall–Kier alpha value is -4.17. The fourth-order valence-corrected chi connectivity index (χ4v) is 2.94. The summed E-state index contributed by atoms with van der Waals surface area (Å²) in [6.45, 7) is 2.39. The Morgan fingerprint density at radius 1 is 1.00 bits per heavy atom. The van der Waals surface area contributed by atoms with Crippen LogP contribution in [0, 0.1) is 18.3 Å². The first-order chi connectivity index (χ1) is 14.4. The van der Waals surface area contributed by atoms with Gasteiger partial charge in [0.15, 0.2) is 0 Å². The van der Waals surface area contributed by atoms with Crippen LogP contribution in [0.5, 0.6) is 0 Å². The maximum atomic E-state index is 12.8. The molecular weight excluding hydrogens is 376 g/mol. The summed E-state index contributed by atoms with van der Waals surface area (Å²) in [5, 5.41) is 20.8. The topological polar surface area (TPSA) is 90.2 Å². The normalized spacial score (nSPS) is 10.5. The predicted octanol–water partition coefficient (Wildman–Crippen LogP) is 4.56. The van der Waals surface area contributed by atoms with Crippen molar-refractivity contribution >= 4 is 18.0 Å². The molecule has 3 rings (SSSR count). The van der Waals surface area contributed by atoms with Gasteiger partial charge in [-0.3, -0.25) is 4.79 Å². The average molecular weight is 396 g/mol. The van der Waals surface area contributed by atoms with Crippen LogP contribution >= 0.6 is 0 Å².